The molecule has 0 N–H and O–H groups in total. The second kappa shape index (κ2) is 7.52. The Hall–Kier alpha value is -2.28. The van der Waals surface area contributed by atoms with Crippen molar-refractivity contribution in [1.29, 1.82) is 0 Å². The van der Waals surface area contributed by atoms with Crippen LogP contribution in [-0.4, -0.2) is 55.5 Å². The third-order valence-electron chi connectivity index (χ3n) is 6.59. The molecule has 1 aliphatic carbocycles. The summed E-state index contributed by atoms with van der Waals surface area (Å²) in [5.41, 5.74) is -1.09. The van der Waals surface area contributed by atoms with Crippen molar-refractivity contribution in [2.24, 2.45) is 5.92 Å². The summed E-state index contributed by atoms with van der Waals surface area (Å²) < 4.78 is 22.2. The first-order chi connectivity index (χ1) is 14.0. The summed E-state index contributed by atoms with van der Waals surface area (Å²) in [6.07, 6.45) is 4.93. The highest BCUT2D eigenvalue weighted by atomic mass is 16.6. The number of ether oxygens (including phenoxy) is 4. The number of piperidine rings is 1. The number of methoxy groups -OCH3 is 2. The lowest BCUT2D eigenvalue weighted by Gasteiger charge is -2.44. The average molecular weight is 403 g/mol. The van der Waals surface area contributed by atoms with Crippen LogP contribution in [0.25, 0.3) is 0 Å². The summed E-state index contributed by atoms with van der Waals surface area (Å²) in [7, 11) is 3.21. The highest BCUT2D eigenvalue weighted by molar-refractivity contribution is 6.08. The zero-order valence-electron chi connectivity index (χ0n) is 17.4. The van der Waals surface area contributed by atoms with Crippen LogP contribution in [-0.2, 0) is 25.5 Å². The van der Waals surface area contributed by atoms with E-state index in [-0.39, 0.29) is 18.4 Å². The van der Waals surface area contributed by atoms with Gasteiger partial charge in [0, 0.05) is 18.9 Å². The molecule has 2 heterocycles. The third kappa shape index (κ3) is 2.98. The average Bonchev–Trinajstić information content (AvgIpc) is 3.21. The van der Waals surface area contributed by atoms with Crippen molar-refractivity contribution in [2.75, 3.05) is 27.4 Å². The number of likely N-dealkylation sites (tertiary alicyclic amines) is 1. The van der Waals surface area contributed by atoms with Gasteiger partial charge in [0.15, 0.2) is 11.5 Å². The van der Waals surface area contributed by atoms with E-state index in [0.717, 1.165) is 31.2 Å². The fraction of sp³-hybridized carbons (Fsp3) is 0.636. The van der Waals surface area contributed by atoms with Gasteiger partial charge in [0.25, 0.3) is 5.91 Å². The lowest BCUT2D eigenvalue weighted by Crippen LogP contribution is -2.58. The maximum atomic E-state index is 13.4. The molecule has 1 amide bonds. The zero-order chi connectivity index (χ0) is 20.6. The van der Waals surface area contributed by atoms with Gasteiger partial charge in [-0.1, -0.05) is 12.5 Å². The predicted molar refractivity (Wildman–Crippen MR) is 105 cm³/mol. The Morgan fingerprint density at radius 1 is 1.24 bits per heavy atom. The number of benzene rings is 1. The molecule has 3 atom stereocenters. The highest BCUT2D eigenvalue weighted by Gasteiger charge is 2.74. The molecule has 1 saturated carbocycles. The SMILES string of the molecule is CCOC(=O)[C@@]12C[C@H]3CCCC[C@]3(O1)N(CCc1ccc(OC)c(OC)c1)C2=O. The Morgan fingerprint density at radius 3 is 2.76 bits per heavy atom. The van der Waals surface area contributed by atoms with E-state index in [1.165, 1.54) is 0 Å². The van der Waals surface area contributed by atoms with Gasteiger partial charge in [0.1, 0.15) is 5.72 Å². The topological polar surface area (TPSA) is 74.3 Å². The van der Waals surface area contributed by atoms with E-state index in [1.807, 2.05) is 23.1 Å². The van der Waals surface area contributed by atoms with E-state index in [0.29, 0.717) is 30.9 Å². The number of amides is 1. The van der Waals surface area contributed by atoms with Crippen LogP contribution in [0, 0.1) is 5.92 Å². The van der Waals surface area contributed by atoms with Crippen molar-refractivity contribution in [3.05, 3.63) is 23.8 Å². The van der Waals surface area contributed by atoms with Crippen LogP contribution in [0.4, 0.5) is 0 Å². The molecule has 7 nitrogen and oxygen atoms in total. The number of carbonyl (C=O) groups excluding carboxylic acids is 2. The van der Waals surface area contributed by atoms with Crippen molar-refractivity contribution in [1.82, 2.24) is 4.90 Å². The van der Waals surface area contributed by atoms with Gasteiger partial charge in [-0.15, -0.1) is 0 Å². The summed E-state index contributed by atoms with van der Waals surface area (Å²) >= 11 is 0. The molecule has 2 saturated heterocycles. The van der Waals surface area contributed by atoms with Crippen molar-refractivity contribution >= 4 is 11.9 Å². The molecule has 1 spiro atoms. The predicted octanol–water partition coefficient (Wildman–Crippen LogP) is 2.70. The first-order valence-electron chi connectivity index (χ1n) is 10.4. The van der Waals surface area contributed by atoms with Gasteiger partial charge < -0.3 is 23.8 Å². The van der Waals surface area contributed by atoms with Crippen molar-refractivity contribution in [2.45, 2.75) is 56.8 Å². The molecule has 3 fully saturated rings. The largest absolute Gasteiger partial charge is 0.493 e. The Morgan fingerprint density at radius 2 is 2.03 bits per heavy atom. The lowest BCUT2D eigenvalue weighted by molar-refractivity contribution is -0.174. The molecule has 29 heavy (non-hydrogen) atoms. The van der Waals surface area contributed by atoms with Crippen LogP contribution in [0.1, 0.15) is 44.6 Å². The minimum Gasteiger partial charge on any atom is -0.493 e. The molecule has 7 heteroatoms. The fourth-order valence-corrected chi connectivity index (χ4v) is 5.24. The van der Waals surface area contributed by atoms with E-state index in [4.69, 9.17) is 18.9 Å². The summed E-state index contributed by atoms with van der Waals surface area (Å²) in [5, 5.41) is 0. The van der Waals surface area contributed by atoms with E-state index in [9.17, 15) is 9.59 Å². The number of rotatable bonds is 7. The van der Waals surface area contributed by atoms with E-state index < -0.39 is 17.3 Å². The minimum absolute atomic E-state index is 0.184. The highest BCUT2D eigenvalue weighted by Crippen LogP contribution is 2.58. The number of hydrogen-bond acceptors (Lipinski definition) is 6. The summed E-state index contributed by atoms with van der Waals surface area (Å²) in [6, 6.07) is 5.76. The summed E-state index contributed by atoms with van der Waals surface area (Å²) in [4.78, 5) is 27.9. The smallest absolute Gasteiger partial charge is 0.348 e. The molecule has 2 bridgehead atoms. The summed E-state index contributed by atoms with van der Waals surface area (Å²) in [5.74, 6) is 0.737. The molecule has 1 aromatic rings. The fourth-order valence-electron chi connectivity index (χ4n) is 5.24. The van der Waals surface area contributed by atoms with Crippen LogP contribution in [0.15, 0.2) is 18.2 Å². The second-order valence-corrected chi connectivity index (χ2v) is 8.04. The molecule has 2 aliphatic heterocycles. The van der Waals surface area contributed by atoms with Gasteiger partial charge in [-0.05, 0) is 50.3 Å². The minimum atomic E-state index is -1.46. The van der Waals surface area contributed by atoms with Crippen molar-refractivity contribution in [3.8, 4) is 11.5 Å². The number of nitrogens with zero attached hydrogens (tertiary/aromatic N) is 1. The first kappa shape index (κ1) is 20.0. The van der Waals surface area contributed by atoms with Gasteiger partial charge in [0.05, 0.1) is 20.8 Å². The Bertz CT molecular complexity index is 810. The van der Waals surface area contributed by atoms with E-state index in [2.05, 4.69) is 0 Å². The van der Waals surface area contributed by atoms with Gasteiger partial charge in [-0.2, -0.15) is 0 Å². The molecule has 1 aromatic carbocycles. The molecule has 4 rings (SSSR count). The van der Waals surface area contributed by atoms with Crippen molar-refractivity contribution < 1.29 is 28.5 Å². The number of esters is 1. The second-order valence-electron chi connectivity index (χ2n) is 8.04. The molecule has 3 aliphatic rings. The van der Waals surface area contributed by atoms with Gasteiger partial charge in [-0.3, -0.25) is 4.79 Å². The molecule has 158 valence electrons. The lowest BCUT2D eigenvalue weighted by atomic mass is 9.74. The molecule has 0 aromatic heterocycles. The van der Waals surface area contributed by atoms with E-state index in [1.54, 1.807) is 21.1 Å². The molecular weight excluding hydrogens is 374 g/mol. The number of hydrogen-bond donors (Lipinski definition) is 0. The maximum Gasteiger partial charge on any atom is 0.348 e. The number of carbonyl (C=O) groups is 2. The van der Waals surface area contributed by atoms with Gasteiger partial charge in [0.2, 0.25) is 5.60 Å². The Balaban J connectivity index is 1.58. The maximum absolute atomic E-state index is 13.4. The monoisotopic (exact) mass is 403 g/mol. The Kier molecular flexibility index (Phi) is 5.19. The van der Waals surface area contributed by atoms with Gasteiger partial charge >= 0.3 is 5.97 Å². The van der Waals surface area contributed by atoms with Crippen LogP contribution in [0.5, 0.6) is 11.5 Å². The van der Waals surface area contributed by atoms with Crippen molar-refractivity contribution in [3.63, 3.8) is 0 Å². The standard InChI is InChI=1S/C22H29NO6/c1-4-28-20(25)21-14-16-7-5-6-11-22(16,29-21)23(19(21)24)12-10-15-8-9-17(26-2)18(13-15)27-3/h8-9,13,16H,4-7,10-12,14H2,1-3H3/t16-,21+,22-/m1/s1. The quantitative estimate of drug-likeness (QED) is 0.515. The van der Waals surface area contributed by atoms with Crippen LogP contribution in [0.2, 0.25) is 0 Å². The van der Waals surface area contributed by atoms with Gasteiger partial charge in [-0.25, -0.2) is 4.79 Å². The molecule has 0 radical (unpaired) electrons. The number of fused-ring (bicyclic) bond motifs is 1. The zero-order valence-corrected chi connectivity index (χ0v) is 17.4. The van der Waals surface area contributed by atoms with E-state index >= 15 is 0 Å². The normalized spacial score (nSPS) is 30.2. The Labute approximate surface area is 171 Å². The summed E-state index contributed by atoms with van der Waals surface area (Å²) in [6.45, 7) is 2.48. The molecular formula is C22H29NO6. The third-order valence-corrected chi connectivity index (χ3v) is 6.59. The van der Waals surface area contributed by atoms with Crippen LogP contribution >= 0.6 is 0 Å². The van der Waals surface area contributed by atoms with Crippen LogP contribution in [0.3, 0.4) is 0 Å². The van der Waals surface area contributed by atoms with Crippen LogP contribution < -0.4 is 9.47 Å². The first-order valence-corrected chi connectivity index (χ1v) is 10.4. The molecule has 0 unspecified atom stereocenters.